The molecule has 2 heteroatoms. The highest BCUT2D eigenvalue weighted by atomic mass is 16.3. The molecule has 10 rings (SSSR count). The lowest BCUT2D eigenvalue weighted by atomic mass is 9.70. The first kappa shape index (κ1) is 29.3. The minimum absolute atomic E-state index is 0.441. The number of furan rings is 1. The lowest BCUT2D eigenvalue weighted by Gasteiger charge is -2.31. The maximum Gasteiger partial charge on any atom is 0.136 e. The van der Waals surface area contributed by atoms with E-state index in [0.717, 1.165) is 44.1 Å². The van der Waals surface area contributed by atoms with Crippen LogP contribution in [0.2, 0.25) is 0 Å². The largest absolute Gasteiger partial charge is 0.456 e. The maximum atomic E-state index is 6.41. The minimum atomic E-state index is -0.441. The zero-order valence-corrected chi connectivity index (χ0v) is 28.0. The van der Waals surface area contributed by atoms with Crippen molar-refractivity contribution >= 4 is 34.6 Å². The Hall–Kier alpha value is -6.64. The van der Waals surface area contributed by atoms with E-state index in [1.54, 1.807) is 6.08 Å². The van der Waals surface area contributed by atoms with Gasteiger partial charge in [-0.3, -0.25) is 0 Å². The number of fused-ring (bicyclic) bond motifs is 11. The van der Waals surface area contributed by atoms with Gasteiger partial charge in [-0.05, 0) is 80.4 Å². The van der Waals surface area contributed by atoms with Crippen LogP contribution in [-0.4, -0.2) is 0 Å². The summed E-state index contributed by atoms with van der Waals surface area (Å²) in [5.41, 5.74) is 16.1. The van der Waals surface area contributed by atoms with Crippen molar-refractivity contribution in [2.24, 2.45) is 0 Å². The zero-order chi connectivity index (χ0) is 33.9. The Kier molecular flexibility index (Phi) is 6.59. The van der Waals surface area contributed by atoms with Crippen molar-refractivity contribution in [2.75, 3.05) is 4.90 Å². The Bertz CT molecular complexity index is 2720. The Morgan fingerprint density at radius 3 is 1.73 bits per heavy atom. The summed E-state index contributed by atoms with van der Waals surface area (Å²) >= 11 is 0. The monoisotopic (exact) mass is 651 g/mol. The van der Waals surface area contributed by atoms with Crippen molar-refractivity contribution in [1.82, 2.24) is 0 Å². The van der Waals surface area contributed by atoms with E-state index < -0.39 is 5.41 Å². The number of allylic oxidation sites excluding steroid dienone is 1. The third kappa shape index (κ3) is 4.23. The van der Waals surface area contributed by atoms with Crippen molar-refractivity contribution in [1.29, 1.82) is 0 Å². The highest BCUT2D eigenvalue weighted by Crippen LogP contribution is 2.63. The van der Waals surface area contributed by atoms with E-state index in [1.165, 1.54) is 44.5 Å². The van der Waals surface area contributed by atoms with E-state index in [-0.39, 0.29) is 0 Å². The molecule has 0 N–H and O–H groups in total. The van der Waals surface area contributed by atoms with Crippen molar-refractivity contribution in [3.63, 3.8) is 0 Å². The number of nitrogens with zero attached hydrogens (tertiary/aromatic N) is 1. The van der Waals surface area contributed by atoms with Crippen molar-refractivity contribution in [2.45, 2.75) is 5.41 Å². The molecule has 1 spiro atoms. The second kappa shape index (κ2) is 11.5. The minimum Gasteiger partial charge on any atom is -0.456 e. The highest BCUT2D eigenvalue weighted by Gasteiger charge is 2.51. The first-order valence-corrected chi connectivity index (χ1v) is 17.5. The second-order valence-electron chi connectivity index (χ2n) is 13.3. The van der Waals surface area contributed by atoms with E-state index in [9.17, 15) is 0 Å². The summed E-state index contributed by atoms with van der Waals surface area (Å²) in [5, 5.41) is 2.06. The first-order valence-electron chi connectivity index (χ1n) is 17.5. The second-order valence-corrected chi connectivity index (χ2v) is 13.3. The van der Waals surface area contributed by atoms with E-state index in [0.29, 0.717) is 0 Å². The molecule has 2 aliphatic carbocycles. The van der Waals surface area contributed by atoms with Crippen LogP contribution in [0.15, 0.2) is 187 Å². The van der Waals surface area contributed by atoms with E-state index in [4.69, 9.17) is 4.42 Å². The van der Waals surface area contributed by atoms with Crippen LogP contribution in [0.4, 0.5) is 11.4 Å². The van der Waals surface area contributed by atoms with E-state index >= 15 is 0 Å². The lowest BCUT2D eigenvalue weighted by Crippen LogP contribution is -2.27. The van der Waals surface area contributed by atoms with Gasteiger partial charge in [-0.2, -0.15) is 0 Å². The fourth-order valence-electron chi connectivity index (χ4n) is 8.64. The van der Waals surface area contributed by atoms with Crippen molar-refractivity contribution in [3.8, 4) is 33.4 Å². The zero-order valence-electron chi connectivity index (χ0n) is 28.0. The summed E-state index contributed by atoms with van der Waals surface area (Å²) in [7, 11) is 0. The third-order valence-corrected chi connectivity index (χ3v) is 10.7. The molecule has 51 heavy (non-hydrogen) atoms. The first-order chi connectivity index (χ1) is 25.3. The molecule has 0 saturated carbocycles. The van der Waals surface area contributed by atoms with Crippen LogP contribution in [-0.2, 0) is 5.41 Å². The van der Waals surface area contributed by atoms with Crippen LogP contribution in [0.1, 0.15) is 22.3 Å². The molecular formula is C49H33NO. The third-order valence-electron chi connectivity index (χ3n) is 10.7. The molecule has 240 valence electrons. The van der Waals surface area contributed by atoms with Crippen molar-refractivity contribution in [3.05, 3.63) is 215 Å². The number of anilines is 2. The Balaban J connectivity index is 1.30. The average Bonchev–Trinajstić information content (AvgIpc) is 3.81. The van der Waals surface area contributed by atoms with Gasteiger partial charge in [-0.25, -0.2) is 0 Å². The predicted molar refractivity (Wildman–Crippen MR) is 211 cm³/mol. The van der Waals surface area contributed by atoms with Crippen molar-refractivity contribution < 1.29 is 4.42 Å². The van der Waals surface area contributed by atoms with Gasteiger partial charge in [-0.1, -0.05) is 158 Å². The fraction of sp³-hybridized carbons (Fsp3) is 0.0204. The molecule has 2 aliphatic rings. The molecule has 0 fully saturated rings. The molecular weight excluding hydrogens is 619 g/mol. The maximum absolute atomic E-state index is 6.41. The predicted octanol–water partition coefficient (Wildman–Crippen LogP) is 11.0. The standard InChI is InChI=1S/C49H33NO/c1-2-16-47-41(40-23-10-15-28-48(40)51-47)32-50(46-27-14-9-19-35(46)33-17-4-3-5-18-33)34-29-30-39-38-22-8-13-26-44(38)49(45(39)31-34)42-24-11-6-20-36(42)37-21-7-12-25-43(37)49/h2-32H,1H2/b41-32-,47-16+. The van der Waals surface area contributed by atoms with Gasteiger partial charge in [0.2, 0.25) is 0 Å². The van der Waals surface area contributed by atoms with Gasteiger partial charge >= 0.3 is 0 Å². The van der Waals surface area contributed by atoms with Crippen LogP contribution < -0.4 is 15.5 Å². The highest BCUT2D eigenvalue weighted by molar-refractivity contribution is 5.97. The summed E-state index contributed by atoms with van der Waals surface area (Å²) in [5.74, 6) is 0. The molecule has 2 nitrogen and oxygen atoms in total. The molecule has 0 atom stereocenters. The van der Waals surface area contributed by atoms with Gasteiger partial charge in [0.05, 0.1) is 11.1 Å². The normalized spacial score (nSPS) is 14.0. The van der Waals surface area contributed by atoms with Crippen LogP contribution >= 0.6 is 0 Å². The summed E-state index contributed by atoms with van der Waals surface area (Å²) < 4.78 is 6.41. The Labute approximate surface area is 297 Å². The van der Waals surface area contributed by atoms with Gasteiger partial charge < -0.3 is 9.32 Å². The summed E-state index contributed by atoms with van der Waals surface area (Å²) in [6.07, 6.45) is 5.99. The van der Waals surface area contributed by atoms with Crippen LogP contribution in [0, 0.1) is 0 Å². The Morgan fingerprint density at radius 1 is 0.510 bits per heavy atom. The molecule has 1 heterocycles. The fourth-order valence-corrected chi connectivity index (χ4v) is 8.64. The number of para-hydroxylation sites is 2. The van der Waals surface area contributed by atoms with Crippen LogP contribution in [0.3, 0.4) is 0 Å². The number of hydrogen-bond donors (Lipinski definition) is 0. The summed E-state index contributed by atoms with van der Waals surface area (Å²) in [6, 6.07) is 61.5. The van der Waals surface area contributed by atoms with Crippen LogP contribution in [0.5, 0.6) is 0 Å². The summed E-state index contributed by atoms with van der Waals surface area (Å²) in [4.78, 5) is 2.35. The molecule has 0 saturated heterocycles. The number of hydrogen-bond acceptors (Lipinski definition) is 2. The van der Waals surface area contributed by atoms with Crippen LogP contribution in [0.25, 0.3) is 56.6 Å². The topological polar surface area (TPSA) is 16.4 Å². The van der Waals surface area contributed by atoms with Gasteiger partial charge in [0.25, 0.3) is 0 Å². The molecule has 8 aromatic rings. The van der Waals surface area contributed by atoms with Gasteiger partial charge in [0.15, 0.2) is 0 Å². The molecule has 7 aromatic carbocycles. The molecule has 0 unspecified atom stereocenters. The lowest BCUT2D eigenvalue weighted by molar-refractivity contribution is 0.575. The van der Waals surface area contributed by atoms with Gasteiger partial charge in [0.1, 0.15) is 11.0 Å². The molecule has 0 amide bonds. The molecule has 0 radical (unpaired) electrons. The Morgan fingerprint density at radius 2 is 1.06 bits per heavy atom. The van der Waals surface area contributed by atoms with Gasteiger partial charge in [0, 0.05) is 28.1 Å². The number of rotatable bonds is 5. The molecule has 0 bridgehead atoms. The number of benzene rings is 7. The molecule has 1 aromatic heterocycles. The van der Waals surface area contributed by atoms with E-state index in [2.05, 4.69) is 175 Å². The summed E-state index contributed by atoms with van der Waals surface area (Å²) in [6.45, 7) is 4.01. The van der Waals surface area contributed by atoms with E-state index in [1.807, 2.05) is 18.2 Å². The molecule has 0 aliphatic heterocycles. The SMILES string of the molecule is C=C/C=c1/oc2ccccc2/c1=C/N(c1ccc2c(c1)C1(c3ccccc3-c3ccccc31)c1ccccc1-2)c1ccccc1-c1ccccc1. The average molecular weight is 652 g/mol. The smallest absolute Gasteiger partial charge is 0.136 e. The van der Waals surface area contributed by atoms with Gasteiger partial charge in [-0.15, -0.1) is 0 Å². The quantitative estimate of drug-likeness (QED) is 0.184.